The standard InChI is InChI=1S/C23H36O2/c1-2-3-4-5-6-7-8-9-10-11-12-13-15-21-16-14-17-22(18-21)24-19-23-20-25-23/h10-11,14,16-18,23H,2-9,12-13,15,19-20H2,1H3/b11-10+. The Bertz CT molecular complexity index is 477. The molecule has 25 heavy (non-hydrogen) atoms. The normalized spacial score (nSPS) is 16.4. The second kappa shape index (κ2) is 13.0. The summed E-state index contributed by atoms with van der Waals surface area (Å²) in [4.78, 5) is 0. The van der Waals surface area contributed by atoms with Crippen LogP contribution in [0.4, 0.5) is 0 Å². The van der Waals surface area contributed by atoms with Crippen LogP contribution in [0.1, 0.15) is 76.7 Å². The molecule has 140 valence electrons. The van der Waals surface area contributed by atoms with Gasteiger partial charge in [-0.2, -0.15) is 0 Å². The number of rotatable bonds is 15. The van der Waals surface area contributed by atoms with Crippen molar-refractivity contribution in [2.24, 2.45) is 0 Å². The lowest BCUT2D eigenvalue weighted by Gasteiger charge is -2.06. The topological polar surface area (TPSA) is 21.8 Å². The van der Waals surface area contributed by atoms with Gasteiger partial charge in [0.2, 0.25) is 0 Å². The molecule has 1 aromatic carbocycles. The van der Waals surface area contributed by atoms with Gasteiger partial charge < -0.3 is 9.47 Å². The van der Waals surface area contributed by atoms with E-state index in [1.54, 1.807) is 0 Å². The quantitative estimate of drug-likeness (QED) is 0.206. The number of hydrogen-bond acceptors (Lipinski definition) is 2. The van der Waals surface area contributed by atoms with Gasteiger partial charge in [-0.05, 0) is 49.8 Å². The van der Waals surface area contributed by atoms with E-state index in [0.717, 1.165) is 18.8 Å². The lowest BCUT2D eigenvalue weighted by Crippen LogP contribution is -2.04. The summed E-state index contributed by atoms with van der Waals surface area (Å²) in [5.41, 5.74) is 1.37. The monoisotopic (exact) mass is 344 g/mol. The van der Waals surface area contributed by atoms with Gasteiger partial charge >= 0.3 is 0 Å². The van der Waals surface area contributed by atoms with Crippen LogP contribution >= 0.6 is 0 Å². The Morgan fingerprint density at radius 1 is 1.00 bits per heavy atom. The SMILES string of the molecule is CCCCCCCCC/C=C/CCCc1cccc(OCC2CO2)c1. The molecular formula is C23H36O2. The Balaban J connectivity index is 1.46. The van der Waals surface area contributed by atoms with Crippen molar-refractivity contribution in [1.29, 1.82) is 0 Å². The molecule has 1 aromatic rings. The van der Waals surface area contributed by atoms with Gasteiger partial charge in [-0.15, -0.1) is 0 Å². The largest absolute Gasteiger partial charge is 0.491 e. The molecule has 1 fully saturated rings. The van der Waals surface area contributed by atoms with E-state index in [1.807, 2.05) is 6.07 Å². The molecule has 1 heterocycles. The van der Waals surface area contributed by atoms with E-state index < -0.39 is 0 Å². The van der Waals surface area contributed by atoms with Crippen LogP contribution in [0.3, 0.4) is 0 Å². The maximum atomic E-state index is 5.74. The molecule has 0 amide bonds. The van der Waals surface area contributed by atoms with Crippen LogP contribution in [0.25, 0.3) is 0 Å². The van der Waals surface area contributed by atoms with Crippen molar-refractivity contribution in [3.8, 4) is 5.75 Å². The minimum Gasteiger partial charge on any atom is -0.491 e. The average molecular weight is 345 g/mol. The number of ether oxygens (including phenoxy) is 2. The fourth-order valence-corrected chi connectivity index (χ4v) is 3.02. The lowest BCUT2D eigenvalue weighted by molar-refractivity contribution is 0.263. The van der Waals surface area contributed by atoms with Crippen LogP contribution in [0.15, 0.2) is 36.4 Å². The molecule has 1 atom stereocenters. The highest BCUT2D eigenvalue weighted by Crippen LogP contribution is 2.18. The minimum absolute atomic E-state index is 0.324. The lowest BCUT2D eigenvalue weighted by atomic mass is 10.1. The Morgan fingerprint density at radius 2 is 1.72 bits per heavy atom. The van der Waals surface area contributed by atoms with Crippen molar-refractivity contribution < 1.29 is 9.47 Å². The van der Waals surface area contributed by atoms with Crippen LogP contribution < -0.4 is 4.74 Å². The van der Waals surface area contributed by atoms with E-state index in [4.69, 9.17) is 9.47 Å². The molecule has 1 unspecified atom stereocenters. The van der Waals surface area contributed by atoms with Crippen molar-refractivity contribution in [2.75, 3.05) is 13.2 Å². The van der Waals surface area contributed by atoms with E-state index in [1.165, 1.54) is 69.8 Å². The summed E-state index contributed by atoms with van der Waals surface area (Å²) in [5.74, 6) is 0.975. The maximum absolute atomic E-state index is 5.74. The molecule has 1 saturated heterocycles. The number of benzene rings is 1. The van der Waals surface area contributed by atoms with Gasteiger partial charge in [-0.1, -0.05) is 69.7 Å². The van der Waals surface area contributed by atoms with Gasteiger partial charge in [0.05, 0.1) is 6.61 Å². The third-order valence-electron chi connectivity index (χ3n) is 4.71. The smallest absolute Gasteiger partial charge is 0.119 e. The minimum atomic E-state index is 0.324. The molecule has 1 aliphatic rings. The summed E-state index contributed by atoms with van der Waals surface area (Å²) >= 11 is 0. The Labute approximate surface area is 154 Å². The molecule has 2 nitrogen and oxygen atoms in total. The highest BCUT2D eigenvalue weighted by Gasteiger charge is 2.22. The molecule has 2 heteroatoms. The van der Waals surface area contributed by atoms with Gasteiger partial charge in [0.15, 0.2) is 0 Å². The number of allylic oxidation sites excluding steroid dienone is 2. The first-order valence-electron chi connectivity index (χ1n) is 10.4. The predicted octanol–water partition coefficient (Wildman–Crippen LogP) is 6.48. The summed E-state index contributed by atoms with van der Waals surface area (Å²) in [6.07, 6.45) is 19.6. The first kappa shape index (κ1) is 20.0. The molecule has 0 N–H and O–H groups in total. The molecule has 0 radical (unpaired) electrons. The van der Waals surface area contributed by atoms with E-state index in [-0.39, 0.29) is 0 Å². The summed E-state index contributed by atoms with van der Waals surface area (Å²) in [7, 11) is 0. The second-order valence-electron chi connectivity index (χ2n) is 7.19. The zero-order valence-electron chi connectivity index (χ0n) is 16.1. The number of unbranched alkanes of at least 4 members (excludes halogenated alkanes) is 8. The van der Waals surface area contributed by atoms with E-state index in [0.29, 0.717) is 12.7 Å². The Morgan fingerprint density at radius 3 is 2.48 bits per heavy atom. The van der Waals surface area contributed by atoms with Crippen molar-refractivity contribution >= 4 is 0 Å². The van der Waals surface area contributed by atoms with Crippen molar-refractivity contribution in [3.05, 3.63) is 42.0 Å². The van der Waals surface area contributed by atoms with Crippen molar-refractivity contribution in [3.63, 3.8) is 0 Å². The van der Waals surface area contributed by atoms with E-state index in [9.17, 15) is 0 Å². The summed E-state index contributed by atoms with van der Waals surface area (Å²) < 4.78 is 10.9. The Kier molecular flexibility index (Phi) is 10.4. The highest BCUT2D eigenvalue weighted by molar-refractivity contribution is 5.28. The molecule has 0 spiro atoms. The number of aryl methyl sites for hydroxylation is 1. The average Bonchev–Trinajstić information content (AvgIpc) is 3.46. The van der Waals surface area contributed by atoms with E-state index >= 15 is 0 Å². The second-order valence-corrected chi connectivity index (χ2v) is 7.19. The van der Waals surface area contributed by atoms with Crippen LogP contribution in [-0.2, 0) is 11.2 Å². The maximum Gasteiger partial charge on any atom is 0.119 e. The first-order valence-corrected chi connectivity index (χ1v) is 10.4. The molecule has 0 bridgehead atoms. The first-order chi connectivity index (χ1) is 12.4. The molecular weight excluding hydrogens is 308 g/mol. The third kappa shape index (κ3) is 10.3. The van der Waals surface area contributed by atoms with Gasteiger partial charge in [0.1, 0.15) is 18.5 Å². The fourth-order valence-electron chi connectivity index (χ4n) is 3.02. The molecule has 2 rings (SSSR count). The summed E-state index contributed by atoms with van der Waals surface area (Å²) in [6, 6.07) is 8.50. The van der Waals surface area contributed by atoms with Gasteiger partial charge in [-0.3, -0.25) is 0 Å². The molecule has 0 aromatic heterocycles. The zero-order chi connectivity index (χ0) is 17.6. The molecule has 1 aliphatic heterocycles. The van der Waals surface area contributed by atoms with Crippen molar-refractivity contribution in [2.45, 2.75) is 83.7 Å². The van der Waals surface area contributed by atoms with Crippen molar-refractivity contribution in [1.82, 2.24) is 0 Å². The van der Waals surface area contributed by atoms with Gasteiger partial charge in [0, 0.05) is 0 Å². The third-order valence-corrected chi connectivity index (χ3v) is 4.71. The summed E-state index contributed by atoms with van der Waals surface area (Å²) in [5, 5.41) is 0. The Hall–Kier alpha value is -1.28. The highest BCUT2D eigenvalue weighted by atomic mass is 16.6. The van der Waals surface area contributed by atoms with Gasteiger partial charge in [0.25, 0.3) is 0 Å². The fraction of sp³-hybridized carbons (Fsp3) is 0.652. The van der Waals surface area contributed by atoms with Crippen LogP contribution in [0, 0.1) is 0 Å². The molecule has 0 aliphatic carbocycles. The zero-order valence-corrected chi connectivity index (χ0v) is 16.1. The van der Waals surface area contributed by atoms with Crippen LogP contribution in [0.2, 0.25) is 0 Å². The van der Waals surface area contributed by atoms with Crippen LogP contribution in [-0.4, -0.2) is 19.3 Å². The number of hydrogen-bond donors (Lipinski definition) is 0. The molecule has 0 saturated carbocycles. The van der Waals surface area contributed by atoms with Gasteiger partial charge in [-0.25, -0.2) is 0 Å². The number of epoxide rings is 1. The van der Waals surface area contributed by atoms with Crippen LogP contribution in [0.5, 0.6) is 5.75 Å². The predicted molar refractivity (Wildman–Crippen MR) is 106 cm³/mol. The van der Waals surface area contributed by atoms with E-state index in [2.05, 4.69) is 37.3 Å². The summed E-state index contributed by atoms with van der Waals surface area (Å²) in [6.45, 7) is 3.82.